The highest BCUT2D eigenvalue weighted by Gasteiger charge is 2.36. The van der Waals surface area contributed by atoms with Gasteiger partial charge in [0.1, 0.15) is 6.04 Å². The molecule has 1 N–H and O–H groups in total. The zero-order valence-electron chi connectivity index (χ0n) is 17.4. The van der Waals surface area contributed by atoms with Crippen molar-refractivity contribution < 1.29 is 9.59 Å². The molecule has 2 atom stereocenters. The quantitative estimate of drug-likeness (QED) is 0.851. The number of carbonyl (C=O) groups excluding carboxylic acids is 2. The number of amides is 2. The van der Waals surface area contributed by atoms with Gasteiger partial charge in [-0.2, -0.15) is 0 Å². The highest BCUT2D eigenvalue weighted by atomic mass is 16.2. The van der Waals surface area contributed by atoms with Crippen LogP contribution in [0.15, 0.2) is 48.5 Å². The maximum atomic E-state index is 13.4. The standard InChI is InChI=1S/C25H30N2O2/c1-17(2)14-24(28)27-16-20-10-4-3-9-19(20)15-23(27)25(29)26-22-13-7-11-18-8-5-6-12-21(18)22/h3-6,8-10,12,17,22-23H,7,11,13-16H2,1-2H3,(H,26,29). The Kier molecular flexibility index (Phi) is 5.70. The highest BCUT2D eigenvalue weighted by molar-refractivity contribution is 5.89. The summed E-state index contributed by atoms with van der Waals surface area (Å²) >= 11 is 0. The lowest BCUT2D eigenvalue weighted by atomic mass is 9.87. The summed E-state index contributed by atoms with van der Waals surface area (Å²) in [5.41, 5.74) is 4.87. The number of rotatable bonds is 4. The van der Waals surface area contributed by atoms with Gasteiger partial charge in [-0.15, -0.1) is 0 Å². The summed E-state index contributed by atoms with van der Waals surface area (Å²) in [6, 6.07) is 16.1. The van der Waals surface area contributed by atoms with Gasteiger partial charge in [-0.3, -0.25) is 9.59 Å². The zero-order chi connectivity index (χ0) is 20.4. The molecule has 0 spiro atoms. The number of nitrogens with one attached hydrogen (secondary N) is 1. The van der Waals surface area contributed by atoms with E-state index in [0.717, 1.165) is 24.8 Å². The number of carbonyl (C=O) groups is 2. The Balaban J connectivity index is 1.57. The van der Waals surface area contributed by atoms with E-state index in [2.05, 4.69) is 35.6 Å². The minimum Gasteiger partial charge on any atom is -0.347 e. The lowest BCUT2D eigenvalue weighted by Gasteiger charge is -2.38. The van der Waals surface area contributed by atoms with Crippen molar-refractivity contribution in [2.45, 2.75) is 64.6 Å². The van der Waals surface area contributed by atoms with Crippen LogP contribution in [0.5, 0.6) is 0 Å². The van der Waals surface area contributed by atoms with Gasteiger partial charge in [0.2, 0.25) is 11.8 Å². The molecule has 29 heavy (non-hydrogen) atoms. The Morgan fingerprint density at radius 2 is 1.72 bits per heavy atom. The first-order chi connectivity index (χ1) is 14.0. The van der Waals surface area contributed by atoms with Gasteiger partial charge in [0, 0.05) is 19.4 Å². The Morgan fingerprint density at radius 1 is 1.03 bits per heavy atom. The second-order valence-electron chi connectivity index (χ2n) is 8.76. The summed E-state index contributed by atoms with van der Waals surface area (Å²) in [7, 11) is 0. The summed E-state index contributed by atoms with van der Waals surface area (Å²) in [6.45, 7) is 4.61. The Hall–Kier alpha value is -2.62. The van der Waals surface area contributed by atoms with E-state index < -0.39 is 6.04 Å². The third-order valence-corrected chi connectivity index (χ3v) is 6.14. The molecule has 1 aliphatic heterocycles. The summed E-state index contributed by atoms with van der Waals surface area (Å²) in [4.78, 5) is 28.1. The van der Waals surface area contributed by atoms with Crippen molar-refractivity contribution in [3.05, 3.63) is 70.8 Å². The second kappa shape index (κ2) is 8.40. The minimum atomic E-state index is -0.440. The number of hydrogen-bond donors (Lipinski definition) is 1. The maximum absolute atomic E-state index is 13.4. The molecule has 2 aromatic rings. The van der Waals surface area contributed by atoms with E-state index in [4.69, 9.17) is 0 Å². The third-order valence-electron chi connectivity index (χ3n) is 6.14. The average molecular weight is 391 g/mol. The van der Waals surface area contributed by atoms with Crippen LogP contribution in [0.4, 0.5) is 0 Å². The van der Waals surface area contributed by atoms with E-state index in [-0.39, 0.29) is 23.8 Å². The second-order valence-corrected chi connectivity index (χ2v) is 8.76. The van der Waals surface area contributed by atoms with Crippen LogP contribution in [0.3, 0.4) is 0 Å². The summed E-state index contributed by atoms with van der Waals surface area (Å²) in [5, 5.41) is 3.28. The fourth-order valence-corrected chi connectivity index (χ4v) is 4.66. The van der Waals surface area contributed by atoms with Crippen LogP contribution in [0.2, 0.25) is 0 Å². The van der Waals surface area contributed by atoms with Crippen molar-refractivity contribution in [3.63, 3.8) is 0 Å². The van der Waals surface area contributed by atoms with Crippen molar-refractivity contribution in [1.29, 1.82) is 0 Å². The van der Waals surface area contributed by atoms with Crippen LogP contribution in [0.25, 0.3) is 0 Å². The molecule has 2 aromatic carbocycles. The zero-order valence-corrected chi connectivity index (χ0v) is 17.4. The smallest absolute Gasteiger partial charge is 0.243 e. The van der Waals surface area contributed by atoms with Gasteiger partial charge in [-0.1, -0.05) is 62.4 Å². The molecule has 2 amide bonds. The minimum absolute atomic E-state index is 0.0293. The molecule has 2 aliphatic rings. The number of fused-ring (bicyclic) bond motifs is 2. The van der Waals surface area contributed by atoms with Gasteiger partial charge in [0.15, 0.2) is 0 Å². The molecular weight excluding hydrogens is 360 g/mol. The predicted molar refractivity (Wildman–Crippen MR) is 114 cm³/mol. The highest BCUT2D eigenvalue weighted by Crippen LogP contribution is 2.31. The van der Waals surface area contributed by atoms with E-state index in [9.17, 15) is 9.59 Å². The molecule has 152 valence electrons. The third kappa shape index (κ3) is 4.21. The molecule has 0 saturated carbocycles. The van der Waals surface area contributed by atoms with E-state index >= 15 is 0 Å². The van der Waals surface area contributed by atoms with Gasteiger partial charge >= 0.3 is 0 Å². The molecule has 0 bridgehead atoms. The van der Waals surface area contributed by atoms with Gasteiger partial charge < -0.3 is 10.2 Å². The van der Waals surface area contributed by atoms with Crippen LogP contribution in [0, 0.1) is 5.92 Å². The maximum Gasteiger partial charge on any atom is 0.243 e. The lowest BCUT2D eigenvalue weighted by molar-refractivity contribution is -0.142. The molecular formula is C25H30N2O2. The molecule has 2 unspecified atom stereocenters. The average Bonchev–Trinajstić information content (AvgIpc) is 2.72. The first-order valence-corrected chi connectivity index (χ1v) is 10.8. The Morgan fingerprint density at radius 3 is 2.48 bits per heavy atom. The van der Waals surface area contributed by atoms with Crippen molar-refractivity contribution >= 4 is 11.8 Å². The van der Waals surface area contributed by atoms with Gasteiger partial charge in [0.05, 0.1) is 6.04 Å². The van der Waals surface area contributed by atoms with Crippen LogP contribution in [0.1, 0.15) is 61.4 Å². The monoisotopic (exact) mass is 390 g/mol. The number of benzene rings is 2. The Bertz CT molecular complexity index is 905. The predicted octanol–water partition coefficient (Wildman–Crippen LogP) is 4.18. The summed E-state index contributed by atoms with van der Waals surface area (Å²) < 4.78 is 0. The van der Waals surface area contributed by atoms with E-state index in [1.165, 1.54) is 16.7 Å². The van der Waals surface area contributed by atoms with E-state index in [1.54, 1.807) is 4.90 Å². The van der Waals surface area contributed by atoms with Crippen LogP contribution < -0.4 is 5.32 Å². The first kappa shape index (κ1) is 19.7. The van der Waals surface area contributed by atoms with E-state index in [1.807, 2.05) is 32.0 Å². The van der Waals surface area contributed by atoms with Gasteiger partial charge in [0.25, 0.3) is 0 Å². The largest absolute Gasteiger partial charge is 0.347 e. The molecule has 4 nitrogen and oxygen atoms in total. The summed E-state index contributed by atoms with van der Waals surface area (Å²) in [6.07, 6.45) is 4.15. The molecule has 0 radical (unpaired) electrons. The van der Waals surface area contributed by atoms with Crippen LogP contribution >= 0.6 is 0 Å². The Labute approximate surface area is 173 Å². The van der Waals surface area contributed by atoms with Crippen molar-refractivity contribution in [3.8, 4) is 0 Å². The fourth-order valence-electron chi connectivity index (χ4n) is 4.66. The normalized spacial score (nSPS) is 20.7. The first-order valence-electron chi connectivity index (χ1n) is 10.8. The topological polar surface area (TPSA) is 49.4 Å². The van der Waals surface area contributed by atoms with Gasteiger partial charge in [-0.25, -0.2) is 0 Å². The van der Waals surface area contributed by atoms with Crippen molar-refractivity contribution in [2.24, 2.45) is 5.92 Å². The molecule has 1 aliphatic carbocycles. The molecule has 4 rings (SSSR count). The molecule has 0 aromatic heterocycles. The number of nitrogens with zero attached hydrogens (tertiary/aromatic N) is 1. The van der Waals surface area contributed by atoms with Gasteiger partial charge in [-0.05, 0) is 47.4 Å². The van der Waals surface area contributed by atoms with Crippen LogP contribution in [-0.4, -0.2) is 22.8 Å². The molecule has 0 fully saturated rings. The molecule has 1 heterocycles. The SMILES string of the molecule is CC(C)CC(=O)N1Cc2ccccc2CC1C(=O)NC1CCCc2ccccc21. The lowest BCUT2D eigenvalue weighted by Crippen LogP contribution is -2.53. The van der Waals surface area contributed by atoms with Crippen molar-refractivity contribution in [2.75, 3.05) is 0 Å². The van der Waals surface area contributed by atoms with Crippen LogP contribution in [-0.2, 0) is 29.0 Å². The van der Waals surface area contributed by atoms with Crippen molar-refractivity contribution in [1.82, 2.24) is 10.2 Å². The number of aryl methyl sites for hydroxylation is 1. The fraction of sp³-hybridized carbons (Fsp3) is 0.440. The van der Waals surface area contributed by atoms with E-state index in [0.29, 0.717) is 19.4 Å². The number of hydrogen-bond acceptors (Lipinski definition) is 2. The molecule has 4 heteroatoms. The molecule has 0 saturated heterocycles. The summed E-state index contributed by atoms with van der Waals surface area (Å²) in [5.74, 6) is 0.311.